The van der Waals surface area contributed by atoms with Crippen molar-refractivity contribution in [3.63, 3.8) is 0 Å². The van der Waals surface area contributed by atoms with Crippen molar-refractivity contribution in [3.05, 3.63) is 64.7 Å². The second kappa shape index (κ2) is 8.07. The van der Waals surface area contributed by atoms with E-state index in [-0.39, 0.29) is 12.2 Å². The van der Waals surface area contributed by atoms with Gasteiger partial charge in [0.05, 0.1) is 18.7 Å². The molecule has 2 aromatic rings. The first-order valence-corrected chi connectivity index (χ1v) is 8.80. The van der Waals surface area contributed by atoms with Crippen molar-refractivity contribution < 1.29 is 28.5 Å². The summed E-state index contributed by atoms with van der Waals surface area (Å²) >= 11 is 0. The Morgan fingerprint density at radius 1 is 1.07 bits per heavy atom. The number of ether oxygens (including phenoxy) is 4. The quantitative estimate of drug-likeness (QED) is 0.437. The van der Waals surface area contributed by atoms with Gasteiger partial charge in [0.25, 0.3) is 5.79 Å². The summed E-state index contributed by atoms with van der Waals surface area (Å²) in [5.74, 6) is -1.93. The highest BCUT2D eigenvalue weighted by atomic mass is 16.7. The van der Waals surface area contributed by atoms with Crippen LogP contribution in [-0.2, 0) is 25.7 Å². The molecule has 0 bridgehead atoms. The first kappa shape index (κ1) is 20.0. The number of carbonyl (C=O) groups excluding carboxylic acids is 2. The van der Waals surface area contributed by atoms with Gasteiger partial charge in [-0.15, -0.1) is 0 Å². The van der Waals surface area contributed by atoms with Crippen molar-refractivity contribution in [1.29, 1.82) is 5.26 Å². The summed E-state index contributed by atoms with van der Waals surface area (Å²) < 4.78 is 21.3. The van der Waals surface area contributed by atoms with E-state index >= 15 is 0 Å². The summed E-state index contributed by atoms with van der Waals surface area (Å²) in [4.78, 5) is 24.2. The van der Waals surface area contributed by atoms with Gasteiger partial charge in [-0.2, -0.15) is 5.26 Å². The second-order valence-corrected chi connectivity index (χ2v) is 6.70. The van der Waals surface area contributed by atoms with Crippen LogP contribution >= 0.6 is 0 Å². The maximum Gasteiger partial charge on any atom is 0.348 e. The van der Waals surface area contributed by atoms with Gasteiger partial charge < -0.3 is 18.9 Å². The number of benzene rings is 2. The predicted molar refractivity (Wildman–Crippen MR) is 103 cm³/mol. The number of hydrogen-bond donors (Lipinski definition) is 0. The van der Waals surface area contributed by atoms with Crippen molar-refractivity contribution in [2.24, 2.45) is 0 Å². The number of esters is 2. The van der Waals surface area contributed by atoms with Crippen LogP contribution in [-0.4, -0.2) is 24.8 Å². The van der Waals surface area contributed by atoms with Gasteiger partial charge in [0.15, 0.2) is 11.5 Å². The molecular weight excluding hydrogens is 374 g/mol. The van der Waals surface area contributed by atoms with Crippen molar-refractivity contribution in [3.8, 4) is 17.6 Å². The number of nitrogens with zero attached hydrogens (tertiary/aromatic N) is 1. The van der Waals surface area contributed by atoms with Gasteiger partial charge in [-0.1, -0.05) is 24.3 Å². The Labute approximate surface area is 168 Å². The number of hydrogen-bond acceptors (Lipinski definition) is 7. The Morgan fingerprint density at radius 2 is 1.76 bits per heavy atom. The minimum atomic E-state index is -1.29. The van der Waals surface area contributed by atoms with E-state index in [2.05, 4.69) is 6.07 Å². The number of methoxy groups -OCH3 is 1. The molecule has 0 aromatic heterocycles. The lowest BCUT2D eigenvalue weighted by Crippen LogP contribution is -2.41. The molecule has 1 aliphatic rings. The summed E-state index contributed by atoms with van der Waals surface area (Å²) in [7, 11) is 1.48. The Morgan fingerprint density at radius 3 is 2.41 bits per heavy atom. The van der Waals surface area contributed by atoms with Crippen LogP contribution in [0.2, 0.25) is 0 Å². The van der Waals surface area contributed by atoms with E-state index in [0.29, 0.717) is 22.6 Å². The fourth-order valence-electron chi connectivity index (χ4n) is 2.75. The fourth-order valence-corrected chi connectivity index (χ4v) is 2.75. The van der Waals surface area contributed by atoms with E-state index in [9.17, 15) is 14.9 Å². The molecule has 7 nitrogen and oxygen atoms in total. The van der Waals surface area contributed by atoms with Gasteiger partial charge >= 0.3 is 11.9 Å². The molecule has 29 heavy (non-hydrogen) atoms. The molecule has 0 radical (unpaired) electrons. The lowest BCUT2D eigenvalue weighted by atomic mass is 10.1. The Hall–Kier alpha value is -3.79. The van der Waals surface area contributed by atoms with Crippen molar-refractivity contribution in [2.45, 2.75) is 26.2 Å². The van der Waals surface area contributed by atoms with Crippen LogP contribution in [0.1, 0.15) is 30.5 Å². The lowest BCUT2D eigenvalue weighted by molar-refractivity contribution is -0.222. The van der Waals surface area contributed by atoms with E-state index in [1.54, 1.807) is 30.3 Å². The minimum Gasteiger partial charge on any atom is -0.493 e. The largest absolute Gasteiger partial charge is 0.493 e. The molecule has 2 aromatic carbocycles. The monoisotopic (exact) mass is 393 g/mol. The molecule has 0 atom stereocenters. The van der Waals surface area contributed by atoms with Gasteiger partial charge in [0, 0.05) is 19.4 Å². The van der Waals surface area contributed by atoms with Crippen LogP contribution in [0.25, 0.3) is 6.08 Å². The molecule has 3 rings (SSSR count). The highest BCUT2D eigenvalue weighted by Crippen LogP contribution is 2.31. The van der Waals surface area contributed by atoms with Crippen LogP contribution in [0.4, 0.5) is 0 Å². The number of cyclic esters (lactones) is 2. The van der Waals surface area contributed by atoms with E-state index < -0.39 is 17.7 Å². The fraction of sp³-hybridized carbons (Fsp3) is 0.227. The van der Waals surface area contributed by atoms with Gasteiger partial charge in [-0.05, 0) is 29.8 Å². The van der Waals surface area contributed by atoms with Crippen molar-refractivity contribution in [2.75, 3.05) is 7.11 Å². The molecule has 0 N–H and O–H groups in total. The molecule has 0 unspecified atom stereocenters. The van der Waals surface area contributed by atoms with Crippen LogP contribution in [0.5, 0.6) is 11.5 Å². The van der Waals surface area contributed by atoms with Gasteiger partial charge in [-0.3, -0.25) is 0 Å². The number of carbonyl (C=O) groups is 2. The zero-order valence-corrected chi connectivity index (χ0v) is 16.2. The Bertz CT molecular complexity index is 1010. The molecule has 0 saturated carbocycles. The third-order valence-corrected chi connectivity index (χ3v) is 4.14. The van der Waals surface area contributed by atoms with E-state index in [1.165, 1.54) is 27.0 Å². The van der Waals surface area contributed by atoms with Crippen LogP contribution in [0.3, 0.4) is 0 Å². The second-order valence-electron chi connectivity index (χ2n) is 6.70. The smallest absolute Gasteiger partial charge is 0.348 e. The molecule has 7 heteroatoms. The first-order chi connectivity index (χ1) is 13.8. The number of nitriles is 1. The summed E-state index contributed by atoms with van der Waals surface area (Å²) in [6.07, 6.45) is 1.37. The standard InChI is InChI=1S/C22H19NO6/c1-22(2)28-20(24)17(21(25)29-22)10-14-8-9-18(19(11-14)26-3)27-13-16-7-5-4-6-15(16)12-23/h4-11H,13H2,1-3H3. The third-order valence-electron chi connectivity index (χ3n) is 4.14. The lowest BCUT2D eigenvalue weighted by Gasteiger charge is -2.29. The summed E-state index contributed by atoms with van der Waals surface area (Å²) in [5.41, 5.74) is 1.61. The van der Waals surface area contributed by atoms with Crippen molar-refractivity contribution in [1.82, 2.24) is 0 Å². The highest BCUT2D eigenvalue weighted by Gasteiger charge is 2.38. The van der Waals surface area contributed by atoms with Crippen LogP contribution in [0, 0.1) is 11.3 Å². The maximum absolute atomic E-state index is 12.1. The topological polar surface area (TPSA) is 94.8 Å². The zero-order valence-electron chi connectivity index (χ0n) is 16.2. The molecule has 1 aliphatic heterocycles. The van der Waals surface area contributed by atoms with Crippen LogP contribution in [0.15, 0.2) is 48.0 Å². The summed E-state index contributed by atoms with van der Waals surface area (Å²) in [5, 5.41) is 9.17. The molecule has 0 amide bonds. The Balaban J connectivity index is 1.81. The van der Waals surface area contributed by atoms with E-state index in [1.807, 2.05) is 12.1 Å². The van der Waals surface area contributed by atoms with Gasteiger partial charge in [-0.25, -0.2) is 9.59 Å². The van der Waals surface area contributed by atoms with E-state index in [0.717, 1.165) is 5.56 Å². The van der Waals surface area contributed by atoms with Gasteiger partial charge in [0.2, 0.25) is 0 Å². The molecular formula is C22H19NO6. The molecule has 0 spiro atoms. The van der Waals surface area contributed by atoms with Crippen molar-refractivity contribution >= 4 is 18.0 Å². The average Bonchev–Trinajstić information content (AvgIpc) is 2.69. The predicted octanol–water partition coefficient (Wildman–Crippen LogP) is 3.37. The van der Waals surface area contributed by atoms with Crippen LogP contribution < -0.4 is 9.47 Å². The molecule has 0 aliphatic carbocycles. The maximum atomic E-state index is 12.1. The third kappa shape index (κ3) is 4.55. The van der Waals surface area contributed by atoms with Gasteiger partial charge in [0.1, 0.15) is 12.2 Å². The summed E-state index contributed by atoms with van der Waals surface area (Å²) in [6, 6.07) is 14.2. The van der Waals surface area contributed by atoms with E-state index in [4.69, 9.17) is 18.9 Å². The average molecular weight is 393 g/mol. The summed E-state index contributed by atoms with van der Waals surface area (Å²) in [6.45, 7) is 3.16. The first-order valence-electron chi connectivity index (χ1n) is 8.80. The molecule has 1 fully saturated rings. The minimum absolute atomic E-state index is 0.189. The normalized spacial score (nSPS) is 15.0. The molecule has 148 valence electrons. The molecule has 1 heterocycles. The SMILES string of the molecule is COc1cc(C=C2C(=O)OC(C)(C)OC2=O)ccc1OCc1ccccc1C#N. The molecule has 1 saturated heterocycles. The highest BCUT2D eigenvalue weighted by molar-refractivity contribution is 6.18. The zero-order chi connectivity index (χ0) is 21.0. The number of rotatable bonds is 5. The Kier molecular flexibility index (Phi) is 5.55.